The Bertz CT molecular complexity index is 1070. The van der Waals surface area contributed by atoms with Crippen molar-refractivity contribution in [3.63, 3.8) is 0 Å². The zero-order valence-corrected chi connectivity index (χ0v) is 19.7. The quantitative estimate of drug-likeness (QED) is 0.422. The van der Waals surface area contributed by atoms with Crippen LogP contribution in [0.3, 0.4) is 0 Å². The number of alkyl halides is 3. The van der Waals surface area contributed by atoms with Crippen LogP contribution in [-0.4, -0.2) is 53.8 Å². The number of aromatic nitrogens is 2. The van der Waals surface area contributed by atoms with Crippen molar-refractivity contribution >= 4 is 11.5 Å². The Labute approximate surface area is 201 Å². The molecule has 2 aliphatic carbocycles. The molecule has 1 saturated carbocycles. The summed E-state index contributed by atoms with van der Waals surface area (Å²) in [5, 5.41) is 4.30. The van der Waals surface area contributed by atoms with Crippen LogP contribution in [0.5, 0.6) is 5.75 Å². The molecule has 11 heteroatoms. The van der Waals surface area contributed by atoms with Gasteiger partial charge in [0.05, 0.1) is 24.1 Å². The van der Waals surface area contributed by atoms with E-state index >= 15 is 0 Å². The van der Waals surface area contributed by atoms with Gasteiger partial charge in [-0.1, -0.05) is 5.16 Å². The lowest BCUT2D eigenvalue weighted by molar-refractivity contribution is -0.136. The van der Waals surface area contributed by atoms with Gasteiger partial charge in [-0.25, -0.2) is 23.1 Å². The zero-order chi connectivity index (χ0) is 25.2. The highest BCUT2D eigenvalue weighted by molar-refractivity contribution is 6.15. The number of halogens is 3. The lowest BCUT2D eigenvalue weighted by Gasteiger charge is -2.35. The second kappa shape index (κ2) is 10.4. The Balaban J connectivity index is 1.63. The summed E-state index contributed by atoms with van der Waals surface area (Å²) in [6.07, 6.45) is -0.800. The number of benzene rings is 1. The first kappa shape index (κ1) is 25.2. The fourth-order valence-corrected chi connectivity index (χ4v) is 4.62. The Kier molecular flexibility index (Phi) is 7.46. The molecule has 1 aromatic heterocycles. The molecule has 0 aliphatic heterocycles. The number of hydrogen-bond acceptors (Lipinski definition) is 8. The highest BCUT2D eigenvalue weighted by Crippen LogP contribution is 2.45. The number of oxime groups is 1. The molecular weight excluding hydrogens is 463 g/mol. The lowest BCUT2D eigenvalue weighted by Crippen LogP contribution is -2.36. The van der Waals surface area contributed by atoms with Crippen LogP contribution in [0.1, 0.15) is 50.7 Å². The summed E-state index contributed by atoms with van der Waals surface area (Å²) in [6.45, 7) is 3.23. The summed E-state index contributed by atoms with van der Waals surface area (Å²) in [5.74, 6) is 0.997. The molecule has 8 nitrogen and oxygen atoms in total. The van der Waals surface area contributed by atoms with Gasteiger partial charge >= 0.3 is 0 Å². The molecule has 2 aliphatic rings. The van der Waals surface area contributed by atoms with Crippen molar-refractivity contribution in [1.29, 1.82) is 0 Å². The first-order chi connectivity index (χ1) is 16.7. The third-order valence-electron chi connectivity index (χ3n) is 6.42. The predicted molar refractivity (Wildman–Crippen MR) is 125 cm³/mol. The van der Waals surface area contributed by atoms with Crippen molar-refractivity contribution < 1.29 is 27.5 Å². The Hall–Kier alpha value is -2.92. The SMILES string of the molecule is CC1(C)/C(=N/OCCOC(F)C(F)F)c2cc(OC3CCC(N)CC3)ccc2-c2ncnc(N)c21. The Morgan fingerprint density at radius 2 is 1.83 bits per heavy atom. The third kappa shape index (κ3) is 5.35. The van der Waals surface area contributed by atoms with Crippen LogP contribution in [0, 0.1) is 0 Å². The average Bonchev–Trinajstić information content (AvgIpc) is 2.81. The predicted octanol–water partition coefficient (Wildman–Crippen LogP) is 3.96. The van der Waals surface area contributed by atoms with Gasteiger partial charge in [0.25, 0.3) is 12.8 Å². The normalized spacial score (nSPS) is 23.0. The summed E-state index contributed by atoms with van der Waals surface area (Å²) in [4.78, 5) is 14.0. The van der Waals surface area contributed by atoms with Crippen molar-refractivity contribution in [2.45, 2.75) is 69.9 Å². The van der Waals surface area contributed by atoms with Crippen LogP contribution in [0.2, 0.25) is 0 Å². The van der Waals surface area contributed by atoms with E-state index in [2.05, 4.69) is 19.9 Å². The number of nitrogen functional groups attached to an aromatic ring is 1. The molecule has 0 bridgehead atoms. The minimum absolute atomic E-state index is 0.0759. The minimum atomic E-state index is -3.22. The van der Waals surface area contributed by atoms with Gasteiger partial charge in [0.1, 0.15) is 24.5 Å². The number of fused-ring (bicyclic) bond motifs is 3. The maximum atomic E-state index is 13.0. The number of nitrogens with zero attached hydrogens (tertiary/aromatic N) is 3. The van der Waals surface area contributed by atoms with Crippen molar-refractivity contribution in [3.05, 3.63) is 35.7 Å². The number of hydrogen-bond donors (Lipinski definition) is 2. The molecule has 0 saturated heterocycles. The van der Waals surface area contributed by atoms with Gasteiger partial charge in [-0.15, -0.1) is 0 Å². The minimum Gasteiger partial charge on any atom is -0.490 e. The largest absolute Gasteiger partial charge is 0.490 e. The van der Waals surface area contributed by atoms with Gasteiger partial charge in [0, 0.05) is 28.1 Å². The average molecular weight is 494 g/mol. The highest BCUT2D eigenvalue weighted by atomic mass is 19.3. The first-order valence-corrected chi connectivity index (χ1v) is 11.6. The van der Waals surface area contributed by atoms with Crippen molar-refractivity contribution in [1.82, 2.24) is 9.97 Å². The molecule has 1 atom stereocenters. The van der Waals surface area contributed by atoms with Crippen LogP contribution in [0.15, 0.2) is 29.7 Å². The van der Waals surface area contributed by atoms with Crippen molar-refractivity contribution in [2.75, 3.05) is 18.9 Å². The van der Waals surface area contributed by atoms with Crippen LogP contribution in [0.4, 0.5) is 19.0 Å². The Morgan fingerprint density at radius 3 is 2.54 bits per heavy atom. The summed E-state index contributed by atoms with van der Waals surface area (Å²) < 4.78 is 48.2. The van der Waals surface area contributed by atoms with Gasteiger partial charge in [-0.3, -0.25) is 0 Å². The molecular formula is C24H30F3N5O3. The summed E-state index contributed by atoms with van der Waals surface area (Å²) >= 11 is 0. The number of nitrogens with two attached hydrogens (primary N) is 2. The van der Waals surface area contributed by atoms with Crippen LogP contribution in [0.25, 0.3) is 11.3 Å². The van der Waals surface area contributed by atoms with Crippen LogP contribution < -0.4 is 16.2 Å². The molecule has 1 unspecified atom stereocenters. The van der Waals surface area contributed by atoms with Gasteiger partial charge < -0.3 is 25.8 Å². The van der Waals surface area contributed by atoms with E-state index in [-0.39, 0.29) is 25.4 Å². The first-order valence-electron chi connectivity index (χ1n) is 11.6. The molecule has 4 rings (SSSR count). The van der Waals surface area contributed by atoms with Gasteiger partial charge in [0.2, 0.25) is 0 Å². The second-order valence-corrected chi connectivity index (χ2v) is 9.30. The molecule has 1 fully saturated rings. The van der Waals surface area contributed by atoms with E-state index in [4.69, 9.17) is 21.0 Å². The maximum absolute atomic E-state index is 13.0. The van der Waals surface area contributed by atoms with E-state index in [9.17, 15) is 13.2 Å². The molecule has 1 heterocycles. The number of rotatable bonds is 8. The van der Waals surface area contributed by atoms with Crippen LogP contribution in [-0.2, 0) is 15.0 Å². The van der Waals surface area contributed by atoms with Crippen molar-refractivity contribution in [2.24, 2.45) is 10.9 Å². The molecule has 190 valence electrons. The standard InChI is InChI=1S/C24H30F3N5O3/c1-24(2)18-19(30-12-31-23(18)29)16-8-7-15(35-14-5-3-13(28)4-6-14)11-17(16)20(24)32-34-10-9-33-22(27)21(25)26/h7-8,11-14,21-22H,3-6,9-10,28H2,1-2H3,(H2,29,30,31)/b32-20+. The highest BCUT2D eigenvalue weighted by Gasteiger charge is 2.41. The summed E-state index contributed by atoms with van der Waals surface area (Å²) in [7, 11) is 0. The molecule has 0 radical (unpaired) electrons. The van der Waals surface area contributed by atoms with Gasteiger partial charge in [-0.2, -0.15) is 0 Å². The zero-order valence-electron chi connectivity index (χ0n) is 19.7. The van der Waals surface area contributed by atoms with E-state index in [1.165, 1.54) is 6.33 Å². The Morgan fingerprint density at radius 1 is 1.09 bits per heavy atom. The van der Waals surface area contributed by atoms with E-state index < -0.39 is 18.2 Å². The third-order valence-corrected chi connectivity index (χ3v) is 6.42. The summed E-state index contributed by atoms with van der Waals surface area (Å²) in [5.41, 5.74) is 14.9. The molecule has 2 aromatic rings. The lowest BCUT2D eigenvalue weighted by atomic mass is 9.70. The number of anilines is 1. The van der Waals surface area contributed by atoms with E-state index in [0.717, 1.165) is 36.8 Å². The molecule has 0 spiro atoms. The van der Waals surface area contributed by atoms with E-state index in [1.54, 1.807) is 0 Å². The fraction of sp³-hybridized carbons (Fsp3) is 0.542. The molecule has 35 heavy (non-hydrogen) atoms. The van der Waals surface area contributed by atoms with E-state index in [1.807, 2.05) is 32.0 Å². The molecule has 1 aromatic carbocycles. The molecule has 0 amide bonds. The topological polar surface area (TPSA) is 118 Å². The fourth-order valence-electron chi connectivity index (χ4n) is 4.62. The van der Waals surface area contributed by atoms with Gasteiger partial charge in [-0.05, 0) is 57.7 Å². The van der Waals surface area contributed by atoms with Crippen molar-refractivity contribution in [3.8, 4) is 17.0 Å². The van der Waals surface area contributed by atoms with Crippen LogP contribution >= 0.6 is 0 Å². The molecule has 4 N–H and O–H groups in total. The smallest absolute Gasteiger partial charge is 0.293 e. The monoisotopic (exact) mass is 493 g/mol. The maximum Gasteiger partial charge on any atom is 0.293 e. The summed E-state index contributed by atoms with van der Waals surface area (Å²) in [6, 6.07) is 5.88. The number of ether oxygens (including phenoxy) is 2. The second-order valence-electron chi connectivity index (χ2n) is 9.30. The van der Waals surface area contributed by atoms with E-state index in [0.29, 0.717) is 28.5 Å². The van der Waals surface area contributed by atoms with Gasteiger partial charge in [0.15, 0.2) is 0 Å².